The van der Waals surface area contributed by atoms with Gasteiger partial charge in [-0.1, -0.05) is 0 Å². The molecule has 0 saturated heterocycles. The van der Waals surface area contributed by atoms with Crippen LogP contribution in [-0.4, -0.2) is 28.2 Å². The Morgan fingerprint density at radius 1 is 0.528 bits per heavy atom. The molecule has 0 radical (unpaired) electrons. The van der Waals surface area contributed by atoms with Crippen LogP contribution in [0.4, 0.5) is 0 Å². The van der Waals surface area contributed by atoms with Crippen molar-refractivity contribution < 1.29 is 9.05 Å². The molecule has 0 atom stereocenters. The van der Waals surface area contributed by atoms with Crippen molar-refractivity contribution in [1.82, 2.24) is 0 Å². The van der Waals surface area contributed by atoms with Gasteiger partial charge in [0.15, 0.2) is 0 Å². The van der Waals surface area contributed by atoms with Gasteiger partial charge in [0.05, 0.1) is 0 Å². The SMILES string of the molecule is CC(C)OP(=S)(OC(C)C)[S][Sb]([c]1ccccc1)([c]1ccccc1)([c]1ccccc1)[c]1ccccc1. The predicted molar refractivity (Wildman–Crippen MR) is 164 cm³/mol. The molecule has 0 aliphatic carbocycles. The first kappa shape index (κ1) is 27.6. The van der Waals surface area contributed by atoms with E-state index in [2.05, 4.69) is 121 Å². The van der Waals surface area contributed by atoms with Crippen LogP contribution in [0.1, 0.15) is 27.7 Å². The van der Waals surface area contributed by atoms with Crippen molar-refractivity contribution in [3.63, 3.8) is 0 Å². The van der Waals surface area contributed by atoms with Gasteiger partial charge in [0, 0.05) is 0 Å². The average molecular weight is 643 g/mol. The van der Waals surface area contributed by atoms with Crippen LogP contribution in [0.2, 0.25) is 0 Å². The van der Waals surface area contributed by atoms with Crippen LogP contribution < -0.4 is 14.0 Å². The van der Waals surface area contributed by atoms with Gasteiger partial charge in [0.25, 0.3) is 0 Å². The van der Waals surface area contributed by atoms with Crippen molar-refractivity contribution >= 4 is 56.0 Å². The molecule has 0 aliphatic heterocycles. The van der Waals surface area contributed by atoms with Crippen LogP contribution in [0.25, 0.3) is 0 Å². The van der Waals surface area contributed by atoms with E-state index >= 15 is 0 Å². The first-order chi connectivity index (χ1) is 17.3. The quantitative estimate of drug-likeness (QED) is 0.149. The number of rotatable bonds is 10. The van der Waals surface area contributed by atoms with E-state index < -0.39 is 21.7 Å². The first-order valence-corrected chi connectivity index (χ1v) is 24.5. The Hall–Kier alpha value is -1.38. The van der Waals surface area contributed by atoms with E-state index in [1.54, 1.807) is 0 Å². The second-order valence-electron chi connectivity index (χ2n) is 9.22. The van der Waals surface area contributed by atoms with Gasteiger partial charge in [-0.3, -0.25) is 0 Å². The van der Waals surface area contributed by atoms with E-state index in [0.717, 1.165) is 0 Å². The monoisotopic (exact) mass is 642 g/mol. The predicted octanol–water partition coefficient (Wildman–Crippen LogP) is 6.32. The second-order valence-corrected chi connectivity index (χ2v) is 35.7. The minimum atomic E-state index is -4.76. The topological polar surface area (TPSA) is 18.5 Å². The van der Waals surface area contributed by atoms with Crippen molar-refractivity contribution in [2.24, 2.45) is 0 Å². The molecule has 0 bridgehead atoms. The molecule has 4 aromatic carbocycles. The normalized spacial score (nSPS) is 13.4. The summed E-state index contributed by atoms with van der Waals surface area (Å²) in [5.41, 5.74) is -2.84. The van der Waals surface area contributed by atoms with Crippen LogP contribution >= 0.6 is 14.2 Å². The molecular formula is C30H34O2PS2Sb. The Kier molecular flexibility index (Phi) is 8.88. The minimum absolute atomic E-state index is 0.0558. The summed E-state index contributed by atoms with van der Waals surface area (Å²) in [7, 11) is 1.84. The van der Waals surface area contributed by atoms with Gasteiger partial charge < -0.3 is 0 Å². The first-order valence-electron chi connectivity index (χ1n) is 12.2. The van der Waals surface area contributed by atoms with Gasteiger partial charge in [-0.2, -0.15) is 0 Å². The number of hydrogen-bond acceptors (Lipinski definition) is 4. The Balaban J connectivity index is 2.26. The molecule has 0 aromatic heterocycles. The summed E-state index contributed by atoms with van der Waals surface area (Å²) in [4.78, 5) is 0. The number of hydrogen-bond donors (Lipinski definition) is 0. The van der Waals surface area contributed by atoms with Crippen LogP contribution in [0.5, 0.6) is 0 Å². The molecule has 0 amide bonds. The molecule has 0 N–H and O–H groups in total. The molecule has 0 fully saturated rings. The van der Waals surface area contributed by atoms with Gasteiger partial charge in [-0.05, 0) is 0 Å². The molecule has 188 valence electrons. The molecular weight excluding hydrogens is 609 g/mol. The van der Waals surface area contributed by atoms with E-state index in [1.165, 1.54) is 14.0 Å². The third-order valence-electron chi connectivity index (χ3n) is 5.94. The van der Waals surface area contributed by atoms with Crippen molar-refractivity contribution in [3.05, 3.63) is 121 Å². The summed E-state index contributed by atoms with van der Waals surface area (Å²) in [6.45, 7) is 8.18. The maximum absolute atomic E-state index is 6.63. The van der Waals surface area contributed by atoms with Gasteiger partial charge in [-0.25, -0.2) is 0 Å². The van der Waals surface area contributed by atoms with E-state index in [1.807, 2.05) is 36.2 Å². The fourth-order valence-electron chi connectivity index (χ4n) is 4.71. The van der Waals surface area contributed by atoms with Crippen LogP contribution in [-0.2, 0) is 20.9 Å². The summed E-state index contributed by atoms with van der Waals surface area (Å²) in [6, 6.07) is 43.8. The third kappa shape index (κ3) is 5.14. The van der Waals surface area contributed by atoms with E-state index in [9.17, 15) is 0 Å². The second kappa shape index (κ2) is 11.6. The fourth-order valence-corrected chi connectivity index (χ4v) is 58.1. The molecule has 2 nitrogen and oxygen atoms in total. The van der Waals surface area contributed by atoms with E-state index in [0.29, 0.717) is 0 Å². The fraction of sp³-hybridized carbons (Fsp3) is 0.200. The van der Waals surface area contributed by atoms with Crippen LogP contribution in [0.3, 0.4) is 0 Å². The van der Waals surface area contributed by atoms with Crippen molar-refractivity contribution in [1.29, 1.82) is 0 Å². The Morgan fingerprint density at radius 3 is 1.00 bits per heavy atom. The summed E-state index contributed by atoms with van der Waals surface area (Å²) in [5.74, 6) is 0. The molecule has 0 heterocycles. The van der Waals surface area contributed by atoms with E-state index in [-0.39, 0.29) is 12.2 Å². The summed E-state index contributed by atoms with van der Waals surface area (Å²) < 4.78 is 18.5. The third-order valence-corrected chi connectivity index (χ3v) is 48.3. The molecule has 0 aliphatic rings. The molecule has 0 saturated carbocycles. The zero-order valence-corrected chi connectivity index (χ0v) is 26.3. The van der Waals surface area contributed by atoms with Crippen molar-refractivity contribution in [2.45, 2.75) is 39.9 Å². The standard InChI is InChI=1S/C6H15O2PS2.4C6H5.Sb/c1-5(2)7-9(10,11)8-6(3)4;4*1-2-4-6-5-3-1;/h5-6H,1-4H3,(H,10,11);4*1-5H;/q;;;;;+1/p-1. The maximum atomic E-state index is 6.63. The van der Waals surface area contributed by atoms with Gasteiger partial charge in [-0.15, -0.1) is 0 Å². The van der Waals surface area contributed by atoms with Crippen LogP contribution in [0.15, 0.2) is 121 Å². The molecule has 4 rings (SSSR count). The molecule has 4 aromatic rings. The summed E-state index contributed by atoms with van der Waals surface area (Å²) in [5, 5.41) is 0. The Labute approximate surface area is 224 Å². The van der Waals surface area contributed by atoms with Crippen molar-refractivity contribution in [3.8, 4) is 0 Å². The van der Waals surface area contributed by atoms with Gasteiger partial charge in [0.2, 0.25) is 0 Å². The molecule has 36 heavy (non-hydrogen) atoms. The van der Waals surface area contributed by atoms with E-state index in [4.69, 9.17) is 20.9 Å². The Morgan fingerprint density at radius 2 is 0.778 bits per heavy atom. The average Bonchev–Trinajstić information content (AvgIpc) is 2.88. The van der Waals surface area contributed by atoms with Crippen LogP contribution in [0, 0.1) is 0 Å². The number of benzene rings is 4. The molecule has 0 spiro atoms. The zero-order valence-electron chi connectivity index (χ0n) is 21.2. The zero-order chi connectivity index (χ0) is 25.7. The summed E-state index contributed by atoms with van der Waals surface area (Å²) >= 11 is 1.69. The summed E-state index contributed by atoms with van der Waals surface area (Å²) in [6.07, 6.45) is -0.112. The molecule has 6 heteroatoms. The van der Waals surface area contributed by atoms with Gasteiger partial charge in [0.1, 0.15) is 0 Å². The van der Waals surface area contributed by atoms with Gasteiger partial charge >= 0.3 is 226 Å². The Bertz CT molecular complexity index is 1120. The van der Waals surface area contributed by atoms with Crippen molar-refractivity contribution in [2.75, 3.05) is 0 Å². The molecule has 0 unspecified atom stereocenters.